The SMILES string of the molecule is C[C@@H](O)[C@@H](N)c1c(C(F)(F)F)ccc(Cl)c1F. The fourth-order valence-corrected chi connectivity index (χ4v) is 1.55. The summed E-state index contributed by atoms with van der Waals surface area (Å²) in [6, 6.07) is -0.0497. The first-order chi connectivity index (χ1) is 7.66. The smallest absolute Gasteiger partial charge is 0.391 e. The molecule has 0 aliphatic carbocycles. The second-order valence-corrected chi connectivity index (χ2v) is 3.99. The highest BCUT2D eigenvalue weighted by Gasteiger charge is 2.37. The van der Waals surface area contributed by atoms with Gasteiger partial charge in [-0.25, -0.2) is 4.39 Å². The van der Waals surface area contributed by atoms with Crippen molar-refractivity contribution in [2.45, 2.75) is 25.2 Å². The number of halogens is 5. The summed E-state index contributed by atoms with van der Waals surface area (Å²) in [7, 11) is 0. The molecule has 0 heterocycles. The maximum Gasteiger partial charge on any atom is 0.416 e. The normalized spacial score (nSPS) is 15.8. The largest absolute Gasteiger partial charge is 0.416 e. The zero-order valence-electron chi connectivity index (χ0n) is 8.72. The van der Waals surface area contributed by atoms with Crippen molar-refractivity contribution in [1.29, 1.82) is 0 Å². The average Bonchev–Trinajstić information content (AvgIpc) is 2.19. The third-order valence-electron chi connectivity index (χ3n) is 2.29. The van der Waals surface area contributed by atoms with Gasteiger partial charge >= 0.3 is 6.18 Å². The second-order valence-electron chi connectivity index (χ2n) is 3.59. The molecule has 0 saturated carbocycles. The minimum absolute atomic E-state index is 0.468. The van der Waals surface area contributed by atoms with Gasteiger partial charge in [0.1, 0.15) is 5.82 Å². The van der Waals surface area contributed by atoms with Gasteiger partial charge in [-0.05, 0) is 19.1 Å². The molecule has 0 aromatic heterocycles. The summed E-state index contributed by atoms with van der Waals surface area (Å²) in [6.45, 7) is 1.17. The number of benzene rings is 1. The van der Waals surface area contributed by atoms with Crippen molar-refractivity contribution in [3.05, 3.63) is 34.1 Å². The highest BCUT2D eigenvalue weighted by molar-refractivity contribution is 6.30. The Morgan fingerprint density at radius 2 is 1.88 bits per heavy atom. The molecule has 0 spiro atoms. The number of nitrogens with two attached hydrogens (primary N) is 1. The lowest BCUT2D eigenvalue weighted by atomic mass is 9.96. The Labute approximate surface area is 100.0 Å². The van der Waals surface area contributed by atoms with E-state index in [0.717, 1.165) is 6.07 Å². The maximum absolute atomic E-state index is 13.6. The molecule has 0 bridgehead atoms. The molecule has 0 saturated heterocycles. The number of hydrogen-bond acceptors (Lipinski definition) is 2. The summed E-state index contributed by atoms with van der Waals surface area (Å²) < 4.78 is 51.5. The molecule has 0 amide bonds. The van der Waals surface area contributed by atoms with Crippen LogP contribution in [-0.2, 0) is 6.18 Å². The van der Waals surface area contributed by atoms with Gasteiger partial charge in [0.2, 0.25) is 0 Å². The number of aliphatic hydroxyl groups excluding tert-OH is 1. The van der Waals surface area contributed by atoms with Crippen molar-refractivity contribution in [3.63, 3.8) is 0 Å². The Bertz CT molecular complexity index is 420. The predicted octanol–water partition coefficient (Wildman–Crippen LogP) is 2.88. The Morgan fingerprint density at radius 1 is 1.35 bits per heavy atom. The molecule has 0 aliphatic heterocycles. The average molecular weight is 272 g/mol. The van der Waals surface area contributed by atoms with Crippen LogP contribution in [0.5, 0.6) is 0 Å². The molecule has 1 aromatic carbocycles. The standard InChI is InChI=1S/C10H10ClF4NO/c1-4(17)9(16)7-5(10(13,14)15)2-3-6(11)8(7)12/h2-4,9,17H,16H2,1H3/t4-,9-/m1/s1. The van der Waals surface area contributed by atoms with Crippen LogP contribution in [0, 0.1) is 5.82 Å². The molecule has 1 aromatic rings. The molecule has 0 fully saturated rings. The first-order valence-electron chi connectivity index (χ1n) is 4.65. The highest BCUT2D eigenvalue weighted by atomic mass is 35.5. The zero-order chi connectivity index (χ0) is 13.4. The molecule has 0 aliphatic rings. The molecule has 0 unspecified atom stereocenters. The molecule has 0 radical (unpaired) electrons. The number of aliphatic hydroxyl groups is 1. The van der Waals surface area contributed by atoms with Gasteiger partial charge in [0.05, 0.1) is 22.7 Å². The molecule has 7 heteroatoms. The molecule has 1 rings (SSSR count). The van der Waals surface area contributed by atoms with E-state index in [1.54, 1.807) is 0 Å². The zero-order valence-corrected chi connectivity index (χ0v) is 9.48. The lowest BCUT2D eigenvalue weighted by Gasteiger charge is -2.21. The first kappa shape index (κ1) is 14.2. The van der Waals surface area contributed by atoms with Crippen LogP contribution in [0.2, 0.25) is 5.02 Å². The van der Waals surface area contributed by atoms with E-state index in [0.29, 0.717) is 6.07 Å². The molecule has 3 N–H and O–H groups in total. The van der Waals surface area contributed by atoms with Crippen LogP contribution >= 0.6 is 11.6 Å². The van der Waals surface area contributed by atoms with Crippen LogP contribution in [0.25, 0.3) is 0 Å². The van der Waals surface area contributed by atoms with Crippen LogP contribution in [-0.4, -0.2) is 11.2 Å². The van der Waals surface area contributed by atoms with Gasteiger partial charge in [-0.2, -0.15) is 13.2 Å². The van der Waals surface area contributed by atoms with Gasteiger partial charge < -0.3 is 10.8 Å². The number of alkyl halides is 3. The summed E-state index contributed by atoms with van der Waals surface area (Å²) in [5.74, 6) is -1.25. The summed E-state index contributed by atoms with van der Waals surface area (Å²) >= 11 is 5.41. The molecule has 2 atom stereocenters. The van der Waals surface area contributed by atoms with E-state index in [1.807, 2.05) is 0 Å². The van der Waals surface area contributed by atoms with Crippen molar-refractivity contribution >= 4 is 11.6 Å². The van der Waals surface area contributed by atoms with E-state index in [1.165, 1.54) is 6.92 Å². The van der Waals surface area contributed by atoms with Crippen LogP contribution in [0.4, 0.5) is 17.6 Å². The van der Waals surface area contributed by atoms with E-state index in [4.69, 9.17) is 17.3 Å². The second kappa shape index (κ2) is 4.80. The lowest BCUT2D eigenvalue weighted by Crippen LogP contribution is -2.27. The molecule has 17 heavy (non-hydrogen) atoms. The summed E-state index contributed by atoms with van der Waals surface area (Å²) in [5.41, 5.74) is 3.31. The minimum Gasteiger partial charge on any atom is -0.391 e. The summed E-state index contributed by atoms with van der Waals surface area (Å²) in [4.78, 5) is 0. The summed E-state index contributed by atoms with van der Waals surface area (Å²) in [5, 5.41) is 8.71. The van der Waals surface area contributed by atoms with Gasteiger partial charge in [0.25, 0.3) is 0 Å². The van der Waals surface area contributed by atoms with Gasteiger partial charge in [0, 0.05) is 5.56 Å². The minimum atomic E-state index is -4.76. The molecule has 2 nitrogen and oxygen atoms in total. The quantitative estimate of drug-likeness (QED) is 0.813. The fourth-order valence-electron chi connectivity index (χ4n) is 1.38. The highest BCUT2D eigenvalue weighted by Crippen LogP contribution is 2.38. The van der Waals surface area contributed by atoms with Crippen molar-refractivity contribution < 1.29 is 22.7 Å². The van der Waals surface area contributed by atoms with Gasteiger partial charge in [-0.3, -0.25) is 0 Å². The number of rotatable bonds is 2. The van der Waals surface area contributed by atoms with E-state index in [-0.39, 0.29) is 0 Å². The van der Waals surface area contributed by atoms with Crippen LogP contribution < -0.4 is 5.73 Å². The molecular formula is C10H10ClF4NO. The topological polar surface area (TPSA) is 46.2 Å². The van der Waals surface area contributed by atoms with Crippen LogP contribution in [0.1, 0.15) is 24.1 Å². The third-order valence-corrected chi connectivity index (χ3v) is 2.58. The fraction of sp³-hybridized carbons (Fsp3) is 0.400. The monoisotopic (exact) mass is 271 g/mol. The van der Waals surface area contributed by atoms with Crippen LogP contribution in [0.3, 0.4) is 0 Å². The Kier molecular flexibility index (Phi) is 4.01. The predicted molar refractivity (Wildman–Crippen MR) is 55.0 cm³/mol. The first-order valence-corrected chi connectivity index (χ1v) is 5.02. The van der Waals surface area contributed by atoms with Gasteiger partial charge in [-0.15, -0.1) is 0 Å². The Morgan fingerprint density at radius 3 is 2.29 bits per heavy atom. The van der Waals surface area contributed by atoms with Gasteiger partial charge in [0.15, 0.2) is 0 Å². The molecule has 96 valence electrons. The van der Waals surface area contributed by atoms with E-state index in [9.17, 15) is 22.7 Å². The van der Waals surface area contributed by atoms with Crippen molar-refractivity contribution in [2.75, 3.05) is 0 Å². The van der Waals surface area contributed by atoms with E-state index < -0.39 is 40.3 Å². The third kappa shape index (κ3) is 2.88. The lowest BCUT2D eigenvalue weighted by molar-refractivity contribution is -0.138. The molecular weight excluding hydrogens is 262 g/mol. The van der Waals surface area contributed by atoms with Crippen molar-refractivity contribution in [3.8, 4) is 0 Å². The van der Waals surface area contributed by atoms with Crippen molar-refractivity contribution in [1.82, 2.24) is 0 Å². The van der Waals surface area contributed by atoms with Gasteiger partial charge in [-0.1, -0.05) is 11.6 Å². The van der Waals surface area contributed by atoms with E-state index >= 15 is 0 Å². The van der Waals surface area contributed by atoms with Crippen LogP contribution in [0.15, 0.2) is 12.1 Å². The number of hydrogen-bond donors (Lipinski definition) is 2. The Hall–Kier alpha value is -0.850. The maximum atomic E-state index is 13.6. The van der Waals surface area contributed by atoms with Crippen molar-refractivity contribution in [2.24, 2.45) is 5.73 Å². The summed E-state index contributed by atoms with van der Waals surface area (Å²) in [6.07, 6.45) is -6.09. The Balaban J connectivity index is 3.47. The van der Waals surface area contributed by atoms with E-state index in [2.05, 4.69) is 0 Å².